The Kier molecular flexibility index (Phi) is 3.19. The predicted molar refractivity (Wildman–Crippen MR) is 80.1 cm³/mol. The third-order valence-corrected chi connectivity index (χ3v) is 5.57. The maximum Gasteiger partial charge on any atom is 0.260 e. The van der Waals surface area contributed by atoms with Crippen LogP contribution in [0.4, 0.5) is 5.82 Å². The predicted octanol–water partition coefficient (Wildman–Crippen LogP) is 1.09. The second-order valence-electron chi connectivity index (χ2n) is 5.94. The van der Waals surface area contributed by atoms with Gasteiger partial charge in [0.15, 0.2) is 10.8 Å². The second kappa shape index (κ2) is 4.69. The summed E-state index contributed by atoms with van der Waals surface area (Å²) in [5.41, 5.74) is 2.41. The SMILES string of the molecule is CC(C)(NS(=O)(=O)c1c(NN)nc2ccccn12)C1CC1. The summed E-state index contributed by atoms with van der Waals surface area (Å²) >= 11 is 0. The van der Waals surface area contributed by atoms with Crippen LogP contribution in [0, 0.1) is 5.92 Å². The van der Waals surface area contributed by atoms with E-state index < -0.39 is 15.6 Å². The Hall–Kier alpha value is -1.64. The Balaban J connectivity index is 2.09. The van der Waals surface area contributed by atoms with Gasteiger partial charge in [-0.05, 0) is 44.7 Å². The van der Waals surface area contributed by atoms with Gasteiger partial charge in [0.25, 0.3) is 10.0 Å². The van der Waals surface area contributed by atoms with Crippen molar-refractivity contribution in [1.29, 1.82) is 0 Å². The lowest BCUT2D eigenvalue weighted by molar-refractivity contribution is 0.399. The molecule has 0 unspecified atom stereocenters. The highest BCUT2D eigenvalue weighted by Gasteiger charge is 2.41. The number of nitrogens with two attached hydrogens (primary N) is 1. The number of hydrazine groups is 1. The first-order chi connectivity index (χ1) is 9.85. The van der Waals surface area contributed by atoms with Gasteiger partial charge >= 0.3 is 0 Å². The van der Waals surface area contributed by atoms with Crippen molar-refractivity contribution in [3.05, 3.63) is 24.4 Å². The number of anilines is 1. The van der Waals surface area contributed by atoms with Gasteiger partial charge in [-0.1, -0.05) is 6.07 Å². The molecule has 0 bridgehead atoms. The fourth-order valence-electron chi connectivity index (χ4n) is 2.61. The van der Waals surface area contributed by atoms with Crippen LogP contribution in [0.1, 0.15) is 26.7 Å². The van der Waals surface area contributed by atoms with Gasteiger partial charge in [0.1, 0.15) is 5.65 Å². The molecule has 3 rings (SSSR count). The molecule has 2 aromatic rings. The number of nitrogen functional groups attached to an aromatic ring is 1. The summed E-state index contributed by atoms with van der Waals surface area (Å²) in [5, 5.41) is 0.0364. The summed E-state index contributed by atoms with van der Waals surface area (Å²) in [4.78, 5) is 4.20. The number of sulfonamides is 1. The van der Waals surface area contributed by atoms with Crippen molar-refractivity contribution in [2.75, 3.05) is 5.43 Å². The number of pyridine rings is 1. The van der Waals surface area contributed by atoms with Crippen molar-refractivity contribution < 1.29 is 8.42 Å². The van der Waals surface area contributed by atoms with Crippen LogP contribution in [0.15, 0.2) is 29.4 Å². The number of rotatable bonds is 5. The molecule has 0 radical (unpaired) electrons. The van der Waals surface area contributed by atoms with Crippen molar-refractivity contribution in [2.45, 2.75) is 37.3 Å². The maximum atomic E-state index is 12.8. The average Bonchev–Trinajstić information content (AvgIpc) is 3.18. The van der Waals surface area contributed by atoms with E-state index in [-0.39, 0.29) is 10.8 Å². The van der Waals surface area contributed by atoms with Gasteiger partial charge < -0.3 is 5.43 Å². The number of hydrogen-bond acceptors (Lipinski definition) is 5. The molecule has 7 nitrogen and oxygen atoms in total. The maximum absolute atomic E-state index is 12.8. The van der Waals surface area contributed by atoms with Crippen molar-refractivity contribution >= 4 is 21.5 Å². The van der Waals surface area contributed by atoms with E-state index in [1.807, 2.05) is 13.8 Å². The lowest BCUT2D eigenvalue weighted by atomic mass is 10.0. The van der Waals surface area contributed by atoms with Gasteiger partial charge in [0, 0.05) is 11.7 Å². The van der Waals surface area contributed by atoms with Crippen LogP contribution in [0.3, 0.4) is 0 Å². The summed E-state index contributed by atoms with van der Waals surface area (Å²) in [6.45, 7) is 3.81. The van der Waals surface area contributed by atoms with Crippen LogP contribution < -0.4 is 16.0 Å². The van der Waals surface area contributed by atoms with Gasteiger partial charge in [-0.25, -0.2) is 24.0 Å². The van der Waals surface area contributed by atoms with Crippen molar-refractivity contribution in [3.63, 3.8) is 0 Å². The molecule has 2 aromatic heterocycles. The van der Waals surface area contributed by atoms with Crippen LogP contribution in [-0.2, 0) is 10.0 Å². The van der Waals surface area contributed by atoms with Gasteiger partial charge in [0.05, 0.1) is 0 Å². The topological polar surface area (TPSA) is 102 Å². The molecular weight excluding hydrogens is 290 g/mol. The first kappa shape index (κ1) is 14.3. The van der Waals surface area contributed by atoms with Gasteiger partial charge in [-0.3, -0.25) is 4.40 Å². The molecular formula is C13H19N5O2S. The standard InChI is InChI=1S/C13H19N5O2S/c1-13(2,9-6-7-9)17-21(19,20)12-11(16-14)15-10-5-3-4-8-18(10)12/h3-5,8-9,16-17H,6-7,14H2,1-2H3. The summed E-state index contributed by atoms with van der Waals surface area (Å²) < 4.78 is 29.8. The summed E-state index contributed by atoms with van der Waals surface area (Å²) in [7, 11) is -3.74. The molecule has 21 heavy (non-hydrogen) atoms. The first-order valence-electron chi connectivity index (χ1n) is 6.83. The van der Waals surface area contributed by atoms with E-state index in [0.29, 0.717) is 11.6 Å². The Morgan fingerprint density at radius 1 is 1.38 bits per heavy atom. The van der Waals surface area contributed by atoms with Crippen LogP contribution in [0.5, 0.6) is 0 Å². The van der Waals surface area contributed by atoms with E-state index in [9.17, 15) is 8.42 Å². The summed E-state index contributed by atoms with van der Waals surface area (Å²) in [5.74, 6) is 5.94. The molecule has 0 atom stereocenters. The molecule has 0 aromatic carbocycles. The molecule has 114 valence electrons. The third-order valence-electron chi connectivity index (χ3n) is 3.87. The highest BCUT2D eigenvalue weighted by Crippen LogP contribution is 2.40. The van der Waals surface area contributed by atoms with E-state index in [1.54, 1.807) is 24.4 Å². The van der Waals surface area contributed by atoms with Crippen molar-refractivity contribution in [3.8, 4) is 0 Å². The van der Waals surface area contributed by atoms with E-state index in [2.05, 4.69) is 15.1 Å². The Morgan fingerprint density at radius 3 is 2.71 bits per heavy atom. The summed E-state index contributed by atoms with van der Waals surface area (Å²) in [6, 6.07) is 5.27. The highest BCUT2D eigenvalue weighted by atomic mass is 32.2. The zero-order chi connectivity index (χ0) is 15.3. The molecule has 0 amide bonds. The zero-order valence-corrected chi connectivity index (χ0v) is 12.8. The lowest BCUT2D eigenvalue weighted by Crippen LogP contribution is -2.45. The molecule has 2 heterocycles. The van der Waals surface area contributed by atoms with Crippen molar-refractivity contribution in [2.24, 2.45) is 11.8 Å². The molecule has 0 spiro atoms. The molecule has 0 aliphatic heterocycles. The minimum absolute atomic E-state index is 0.0364. The molecule has 1 aliphatic rings. The highest BCUT2D eigenvalue weighted by molar-refractivity contribution is 7.89. The first-order valence-corrected chi connectivity index (χ1v) is 8.31. The zero-order valence-electron chi connectivity index (χ0n) is 12.0. The molecule has 1 aliphatic carbocycles. The smallest absolute Gasteiger partial charge is 0.260 e. The number of aromatic nitrogens is 2. The quantitative estimate of drug-likeness (QED) is 0.567. The Morgan fingerprint density at radius 2 is 2.10 bits per heavy atom. The monoisotopic (exact) mass is 309 g/mol. The number of nitrogens with zero attached hydrogens (tertiary/aromatic N) is 2. The fourth-order valence-corrected chi connectivity index (χ4v) is 4.34. The lowest BCUT2D eigenvalue weighted by Gasteiger charge is -2.25. The fraction of sp³-hybridized carbons (Fsp3) is 0.462. The molecule has 1 saturated carbocycles. The number of hydrogen-bond donors (Lipinski definition) is 3. The van der Waals surface area contributed by atoms with E-state index in [4.69, 9.17) is 5.84 Å². The minimum atomic E-state index is -3.74. The molecule has 0 saturated heterocycles. The van der Waals surface area contributed by atoms with Crippen LogP contribution >= 0.6 is 0 Å². The van der Waals surface area contributed by atoms with Gasteiger partial charge in [0.2, 0.25) is 0 Å². The van der Waals surface area contributed by atoms with Crippen LogP contribution in [0.2, 0.25) is 0 Å². The minimum Gasteiger partial charge on any atom is -0.306 e. The molecule has 4 N–H and O–H groups in total. The van der Waals surface area contributed by atoms with Gasteiger partial charge in [-0.2, -0.15) is 0 Å². The second-order valence-corrected chi connectivity index (χ2v) is 7.54. The molecule has 8 heteroatoms. The summed E-state index contributed by atoms with van der Waals surface area (Å²) in [6.07, 6.45) is 3.75. The average molecular weight is 309 g/mol. The number of fused-ring (bicyclic) bond motifs is 1. The largest absolute Gasteiger partial charge is 0.306 e. The Labute approximate surface area is 123 Å². The van der Waals surface area contributed by atoms with Crippen LogP contribution in [0.25, 0.3) is 5.65 Å². The van der Waals surface area contributed by atoms with Crippen LogP contribution in [-0.4, -0.2) is 23.3 Å². The Bertz CT molecular complexity index is 777. The number of imidazole rings is 1. The van der Waals surface area contributed by atoms with E-state index >= 15 is 0 Å². The van der Waals surface area contributed by atoms with Gasteiger partial charge in [-0.15, -0.1) is 0 Å². The number of nitrogens with one attached hydrogen (secondary N) is 2. The third kappa shape index (κ3) is 2.50. The van der Waals surface area contributed by atoms with Crippen molar-refractivity contribution in [1.82, 2.24) is 14.1 Å². The molecule has 1 fully saturated rings. The van der Waals surface area contributed by atoms with E-state index in [0.717, 1.165) is 12.8 Å². The van der Waals surface area contributed by atoms with E-state index in [1.165, 1.54) is 4.40 Å². The normalized spacial score (nSPS) is 16.3.